The van der Waals surface area contributed by atoms with Crippen LogP contribution < -0.4 is 0 Å². The number of carbonyl (C=O) groups excluding carboxylic acids is 2. The predicted octanol–water partition coefficient (Wildman–Crippen LogP) is 21.0. The summed E-state index contributed by atoms with van der Waals surface area (Å²) in [5.74, 6) is -0.578. The molecule has 0 amide bonds. The maximum Gasteiger partial charge on any atom is 0.306 e. The van der Waals surface area contributed by atoms with Crippen molar-refractivity contribution in [3.05, 3.63) is 60.8 Å². The van der Waals surface area contributed by atoms with Crippen molar-refractivity contribution < 1.29 is 24.2 Å². The number of esters is 2. The summed E-state index contributed by atoms with van der Waals surface area (Å²) in [6, 6.07) is 0. The Kier molecular flexibility index (Phi) is 58.8. The Bertz CT molecular complexity index is 1200. The SMILES string of the molecule is CCCCCCC/C=C\C/C=C\C/C=C\CCCCCCCCCCCCCCCCC(=O)OC(CO)COC(=O)CCCCCCCCCCCCCCCCC/C=C\C/C=C\CCCCCCC. The normalized spacial score (nSPS) is 12.6. The Balaban J connectivity index is 3.45. The zero-order valence-corrected chi connectivity index (χ0v) is 46.8. The number of aliphatic hydroxyl groups is 1. The summed E-state index contributed by atoms with van der Waals surface area (Å²) in [6.45, 7) is 4.16. The topological polar surface area (TPSA) is 72.8 Å². The highest BCUT2D eigenvalue weighted by molar-refractivity contribution is 5.70. The number of allylic oxidation sites excluding steroid dienone is 10. The van der Waals surface area contributed by atoms with Crippen LogP contribution in [0.5, 0.6) is 0 Å². The van der Waals surface area contributed by atoms with E-state index in [4.69, 9.17) is 9.47 Å². The first-order valence-corrected chi connectivity index (χ1v) is 30.8. The summed E-state index contributed by atoms with van der Waals surface area (Å²) in [6.07, 6.45) is 82.1. The quantitative estimate of drug-likeness (QED) is 0.0373. The van der Waals surface area contributed by atoms with Gasteiger partial charge < -0.3 is 14.6 Å². The Morgan fingerprint density at radius 3 is 0.857 bits per heavy atom. The molecule has 1 atom stereocenters. The minimum absolute atomic E-state index is 0.0644. The van der Waals surface area contributed by atoms with Crippen molar-refractivity contribution in [2.24, 2.45) is 0 Å². The van der Waals surface area contributed by atoms with Crippen LogP contribution in [0, 0.1) is 0 Å². The van der Waals surface area contributed by atoms with Crippen molar-refractivity contribution in [3.8, 4) is 0 Å². The number of rotatable bonds is 57. The molecule has 0 aromatic rings. The molecule has 0 aromatic carbocycles. The van der Waals surface area contributed by atoms with Gasteiger partial charge in [-0.25, -0.2) is 0 Å². The molecule has 0 heterocycles. The molecule has 1 unspecified atom stereocenters. The molecule has 5 heteroatoms. The van der Waals surface area contributed by atoms with Gasteiger partial charge in [0, 0.05) is 12.8 Å². The lowest BCUT2D eigenvalue weighted by Gasteiger charge is -2.15. The van der Waals surface area contributed by atoms with E-state index in [-0.39, 0.29) is 25.2 Å². The van der Waals surface area contributed by atoms with E-state index >= 15 is 0 Å². The van der Waals surface area contributed by atoms with Gasteiger partial charge in [0.2, 0.25) is 0 Å². The summed E-state index contributed by atoms with van der Waals surface area (Å²) < 4.78 is 10.7. The summed E-state index contributed by atoms with van der Waals surface area (Å²) in [5, 5.41) is 9.67. The molecule has 0 saturated carbocycles. The first-order valence-electron chi connectivity index (χ1n) is 30.8. The molecule has 0 fully saturated rings. The Labute approximate surface area is 436 Å². The van der Waals surface area contributed by atoms with Gasteiger partial charge in [-0.3, -0.25) is 9.59 Å². The van der Waals surface area contributed by atoms with Crippen LogP contribution in [-0.2, 0) is 19.1 Å². The van der Waals surface area contributed by atoms with E-state index in [1.807, 2.05) is 0 Å². The van der Waals surface area contributed by atoms with Gasteiger partial charge in [0.25, 0.3) is 0 Å². The summed E-state index contributed by atoms with van der Waals surface area (Å²) >= 11 is 0. The molecule has 0 bridgehead atoms. The smallest absolute Gasteiger partial charge is 0.306 e. The second-order valence-electron chi connectivity index (χ2n) is 20.8. The monoisotopic (exact) mass is 979 g/mol. The fourth-order valence-electron chi connectivity index (χ4n) is 9.13. The first kappa shape index (κ1) is 67.6. The van der Waals surface area contributed by atoms with E-state index in [9.17, 15) is 14.7 Å². The Morgan fingerprint density at radius 1 is 0.329 bits per heavy atom. The van der Waals surface area contributed by atoms with Gasteiger partial charge in [0.1, 0.15) is 6.61 Å². The lowest BCUT2D eigenvalue weighted by Crippen LogP contribution is -2.28. The van der Waals surface area contributed by atoms with Crippen molar-refractivity contribution in [2.75, 3.05) is 13.2 Å². The molecule has 0 aliphatic rings. The van der Waals surface area contributed by atoms with Crippen LogP contribution in [0.2, 0.25) is 0 Å². The van der Waals surface area contributed by atoms with Crippen molar-refractivity contribution in [2.45, 2.75) is 328 Å². The van der Waals surface area contributed by atoms with Gasteiger partial charge in [-0.1, -0.05) is 286 Å². The van der Waals surface area contributed by atoms with E-state index < -0.39 is 6.10 Å². The molecule has 0 spiro atoms. The summed E-state index contributed by atoms with van der Waals surface area (Å²) in [7, 11) is 0. The van der Waals surface area contributed by atoms with E-state index in [1.165, 1.54) is 238 Å². The largest absolute Gasteiger partial charge is 0.462 e. The number of carbonyl (C=O) groups is 2. The van der Waals surface area contributed by atoms with Gasteiger partial charge in [-0.2, -0.15) is 0 Å². The van der Waals surface area contributed by atoms with Gasteiger partial charge in [-0.05, 0) is 83.5 Å². The van der Waals surface area contributed by atoms with Crippen molar-refractivity contribution in [3.63, 3.8) is 0 Å². The van der Waals surface area contributed by atoms with Crippen LogP contribution in [0.4, 0.5) is 0 Å². The first-order chi connectivity index (χ1) is 34.6. The van der Waals surface area contributed by atoms with Crippen molar-refractivity contribution >= 4 is 11.9 Å². The molecular formula is C65H118O5. The molecule has 0 aliphatic heterocycles. The van der Waals surface area contributed by atoms with E-state index in [1.54, 1.807) is 0 Å². The van der Waals surface area contributed by atoms with Crippen LogP contribution >= 0.6 is 0 Å². The third-order valence-corrected chi connectivity index (χ3v) is 13.8. The van der Waals surface area contributed by atoms with Gasteiger partial charge in [0.05, 0.1) is 6.61 Å². The van der Waals surface area contributed by atoms with Crippen LogP contribution in [0.3, 0.4) is 0 Å². The standard InChI is InChI=1S/C65H118O5/c1-3-5-7-9-11-13-15-17-19-21-23-25-27-29-31-32-34-36-38-40-42-44-46-48-50-52-54-56-58-60-65(68)70-63(61-66)62-69-64(67)59-57-55-53-51-49-47-45-43-41-39-37-35-33-30-28-26-24-22-20-18-16-14-12-10-8-6-4-2/h15-18,21-24,27,29,63,66H,3-14,19-20,25-26,28,30-62H2,1-2H3/b17-15-,18-16-,23-21-,24-22-,29-27-. The van der Waals surface area contributed by atoms with E-state index in [0.717, 1.165) is 57.8 Å². The highest BCUT2D eigenvalue weighted by Gasteiger charge is 2.16. The number of hydrogen-bond donors (Lipinski definition) is 1. The second-order valence-corrected chi connectivity index (χ2v) is 20.8. The number of ether oxygens (including phenoxy) is 2. The Morgan fingerprint density at radius 2 is 0.571 bits per heavy atom. The summed E-state index contributed by atoms with van der Waals surface area (Å²) in [5.41, 5.74) is 0. The average molecular weight is 980 g/mol. The third kappa shape index (κ3) is 58.2. The molecule has 0 saturated heterocycles. The van der Waals surface area contributed by atoms with Crippen LogP contribution in [0.15, 0.2) is 60.8 Å². The highest BCUT2D eigenvalue weighted by Crippen LogP contribution is 2.17. The number of hydrogen-bond acceptors (Lipinski definition) is 5. The molecule has 0 aromatic heterocycles. The average Bonchev–Trinajstić information content (AvgIpc) is 3.36. The molecule has 70 heavy (non-hydrogen) atoms. The molecule has 408 valence electrons. The molecule has 1 N–H and O–H groups in total. The van der Waals surface area contributed by atoms with Crippen LogP contribution in [0.1, 0.15) is 322 Å². The van der Waals surface area contributed by atoms with Crippen molar-refractivity contribution in [1.29, 1.82) is 0 Å². The molecule has 0 aliphatic carbocycles. The van der Waals surface area contributed by atoms with Gasteiger partial charge in [-0.15, -0.1) is 0 Å². The van der Waals surface area contributed by atoms with Crippen LogP contribution in [0.25, 0.3) is 0 Å². The van der Waals surface area contributed by atoms with E-state index in [0.29, 0.717) is 12.8 Å². The fourth-order valence-corrected chi connectivity index (χ4v) is 9.13. The lowest BCUT2D eigenvalue weighted by molar-refractivity contribution is -0.161. The molecule has 0 radical (unpaired) electrons. The maximum atomic E-state index is 12.3. The zero-order valence-electron chi connectivity index (χ0n) is 46.8. The second kappa shape index (κ2) is 60.9. The van der Waals surface area contributed by atoms with Crippen LogP contribution in [-0.4, -0.2) is 36.4 Å². The van der Waals surface area contributed by atoms with Gasteiger partial charge in [0.15, 0.2) is 6.10 Å². The molecular weight excluding hydrogens is 861 g/mol. The van der Waals surface area contributed by atoms with Gasteiger partial charge >= 0.3 is 11.9 Å². The highest BCUT2D eigenvalue weighted by atomic mass is 16.6. The Hall–Kier alpha value is -2.40. The maximum absolute atomic E-state index is 12.3. The number of unbranched alkanes of at least 4 members (excludes halogenated alkanes) is 39. The third-order valence-electron chi connectivity index (χ3n) is 13.8. The predicted molar refractivity (Wildman–Crippen MR) is 307 cm³/mol. The minimum Gasteiger partial charge on any atom is -0.462 e. The fraction of sp³-hybridized carbons (Fsp3) is 0.815. The van der Waals surface area contributed by atoms with E-state index in [2.05, 4.69) is 74.6 Å². The minimum atomic E-state index is -0.774. The molecule has 0 rings (SSSR count). The van der Waals surface area contributed by atoms with Crippen molar-refractivity contribution in [1.82, 2.24) is 0 Å². The molecule has 5 nitrogen and oxygen atoms in total. The lowest BCUT2D eigenvalue weighted by atomic mass is 10.0. The summed E-state index contributed by atoms with van der Waals surface area (Å²) in [4.78, 5) is 24.6. The zero-order chi connectivity index (χ0) is 50.6. The number of aliphatic hydroxyl groups excluding tert-OH is 1.